The van der Waals surface area contributed by atoms with Gasteiger partial charge in [0, 0.05) is 11.0 Å². The number of hydrogen-bond donors (Lipinski definition) is 1. The average molecular weight is 759 g/mol. The first-order valence-electron chi connectivity index (χ1n) is 17.6. The Morgan fingerprint density at radius 3 is 2.41 bits per heavy atom. The Kier molecular flexibility index (Phi) is 9.29. The molecule has 0 aliphatic carbocycles. The summed E-state index contributed by atoms with van der Waals surface area (Å²) in [5.41, 5.74) is 4.95. The van der Waals surface area contributed by atoms with E-state index in [2.05, 4.69) is 16.4 Å². The molecule has 56 heavy (non-hydrogen) atoms. The number of aryl methyl sites for hydroxylation is 1. The number of hydrogen-bond acceptors (Lipinski definition) is 13. The second-order valence-corrected chi connectivity index (χ2v) is 14.8. The van der Waals surface area contributed by atoms with E-state index in [1.807, 2.05) is 130 Å². The molecular formula is C42H34N10O3S. The van der Waals surface area contributed by atoms with Crippen LogP contribution in [0.4, 0.5) is 39.6 Å². The van der Waals surface area contributed by atoms with Crippen LogP contribution >= 0.6 is 11.3 Å². The molecule has 0 radical (unpaired) electrons. The number of nitrogens with zero attached hydrogens (tertiary/aromatic N) is 9. The van der Waals surface area contributed by atoms with Gasteiger partial charge in [0.25, 0.3) is 0 Å². The van der Waals surface area contributed by atoms with Gasteiger partial charge in [-0.15, -0.1) is 10.2 Å². The van der Waals surface area contributed by atoms with Gasteiger partial charge in [0.15, 0.2) is 22.8 Å². The van der Waals surface area contributed by atoms with Crippen LogP contribution in [0.3, 0.4) is 0 Å². The minimum Gasteiger partial charge on any atom is -0.495 e. The number of nitrogens with one attached hydrogen (secondary N) is 1. The topological polar surface area (TPSA) is 160 Å². The highest BCUT2D eigenvalue weighted by molar-refractivity contribution is 7.22. The molecule has 0 aliphatic rings. The minimum absolute atomic E-state index is 0.144. The molecule has 0 aliphatic heterocycles. The monoisotopic (exact) mass is 758 g/mol. The molecule has 0 atom stereocenters. The maximum atomic E-state index is 12.4. The molecular weight excluding hydrogens is 725 g/mol. The Hall–Kier alpha value is -7.24. The van der Waals surface area contributed by atoms with Crippen molar-refractivity contribution in [3.63, 3.8) is 0 Å². The quantitative estimate of drug-likeness (QED) is 0.105. The van der Waals surface area contributed by atoms with Crippen molar-refractivity contribution in [2.75, 3.05) is 17.3 Å². The van der Waals surface area contributed by atoms with Gasteiger partial charge in [-0.2, -0.15) is 20.0 Å². The van der Waals surface area contributed by atoms with Crippen molar-refractivity contribution >= 4 is 78.6 Å². The second kappa shape index (κ2) is 14.5. The highest BCUT2D eigenvalue weighted by Crippen LogP contribution is 2.44. The molecule has 8 rings (SSSR count). The van der Waals surface area contributed by atoms with Crippen LogP contribution in [0.25, 0.3) is 27.3 Å². The smallest absolute Gasteiger partial charge is 0.325 e. The number of rotatable bonds is 10. The normalized spacial score (nSPS) is 11.6. The van der Waals surface area contributed by atoms with Crippen LogP contribution < -0.4 is 15.0 Å². The Morgan fingerprint density at radius 1 is 0.929 bits per heavy atom. The maximum absolute atomic E-state index is 12.4. The molecule has 4 heterocycles. The third-order valence-corrected chi connectivity index (χ3v) is 9.95. The number of para-hydroxylation sites is 6. The number of benzene rings is 4. The lowest BCUT2D eigenvalue weighted by Gasteiger charge is -2.24. The van der Waals surface area contributed by atoms with E-state index in [-0.39, 0.29) is 17.4 Å². The van der Waals surface area contributed by atoms with Crippen LogP contribution in [0.1, 0.15) is 48.0 Å². The molecule has 0 amide bonds. The lowest BCUT2D eigenvalue weighted by Crippen LogP contribution is -2.14. The average Bonchev–Trinajstić information content (AvgIpc) is 3.93. The number of azo groups is 1. The first-order chi connectivity index (χ1) is 27.2. The molecule has 0 bridgehead atoms. The van der Waals surface area contributed by atoms with Crippen molar-refractivity contribution < 1.29 is 13.9 Å². The molecule has 8 aromatic rings. The van der Waals surface area contributed by atoms with Crippen molar-refractivity contribution in [2.24, 2.45) is 10.2 Å². The molecule has 14 heteroatoms. The molecule has 276 valence electrons. The van der Waals surface area contributed by atoms with Gasteiger partial charge >= 0.3 is 6.01 Å². The SMILES string of the molecule is COc1ccccc1Nc1nc(N(c2nc3ccccc3s2)c2ccccc2C=O)cc(C)c1N=Nc1c(C#N)c(C(C)(C)C)nn1-c1nc2ccccc2o1. The number of nitriles is 1. The summed E-state index contributed by atoms with van der Waals surface area (Å²) in [5.74, 6) is 1.51. The zero-order valence-electron chi connectivity index (χ0n) is 31.1. The Morgan fingerprint density at radius 2 is 1.66 bits per heavy atom. The summed E-state index contributed by atoms with van der Waals surface area (Å²) in [5, 5.41) is 28.8. The summed E-state index contributed by atoms with van der Waals surface area (Å²) in [6.45, 7) is 7.79. The molecule has 0 unspecified atom stereocenters. The largest absolute Gasteiger partial charge is 0.495 e. The van der Waals surface area contributed by atoms with Crippen LogP contribution in [0.15, 0.2) is 118 Å². The van der Waals surface area contributed by atoms with Crippen LogP contribution in [0.5, 0.6) is 5.75 Å². The number of pyridine rings is 1. The second-order valence-electron chi connectivity index (χ2n) is 13.8. The first kappa shape index (κ1) is 35.8. The Bertz CT molecular complexity index is 2780. The van der Waals surface area contributed by atoms with Gasteiger partial charge in [0.1, 0.15) is 34.4 Å². The van der Waals surface area contributed by atoms with Crippen LogP contribution in [0, 0.1) is 18.3 Å². The zero-order valence-corrected chi connectivity index (χ0v) is 31.9. The number of oxazole rings is 1. The van der Waals surface area contributed by atoms with E-state index < -0.39 is 5.41 Å². The third-order valence-electron chi connectivity index (χ3n) is 8.93. The number of anilines is 5. The van der Waals surface area contributed by atoms with Crippen molar-refractivity contribution in [3.8, 4) is 17.8 Å². The summed E-state index contributed by atoms with van der Waals surface area (Å²) in [7, 11) is 1.59. The highest BCUT2D eigenvalue weighted by Gasteiger charge is 2.30. The molecule has 4 aromatic heterocycles. The zero-order chi connectivity index (χ0) is 39.0. The maximum Gasteiger partial charge on any atom is 0.325 e. The number of ether oxygens (including phenoxy) is 1. The summed E-state index contributed by atoms with van der Waals surface area (Å²) in [6, 6.07) is 34.3. The number of carbonyl (C=O) groups excluding carboxylic acids is 1. The summed E-state index contributed by atoms with van der Waals surface area (Å²) in [6.07, 6.45) is 0.817. The van der Waals surface area contributed by atoms with E-state index in [1.54, 1.807) is 13.2 Å². The molecule has 1 N–H and O–H groups in total. The van der Waals surface area contributed by atoms with E-state index in [9.17, 15) is 10.1 Å². The fourth-order valence-corrected chi connectivity index (χ4v) is 7.22. The van der Waals surface area contributed by atoms with Crippen LogP contribution in [-0.2, 0) is 5.41 Å². The van der Waals surface area contributed by atoms with Crippen LogP contribution in [0.2, 0.25) is 0 Å². The molecule has 13 nitrogen and oxygen atoms in total. The lowest BCUT2D eigenvalue weighted by molar-refractivity contribution is 0.112. The van der Waals surface area contributed by atoms with Crippen molar-refractivity contribution in [1.29, 1.82) is 5.26 Å². The lowest BCUT2D eigenvalue weighted by atomic mass is 9.90. The fourth-order valence-electron chi connectivity index (χ4n) is 6.23. The number of methoxy groups -OCH3 is 1. The van der Waals surface area contributed by atoms with E-state index >= 15 is 0 Å². The minimum atomic E-state index is -0.524. The Balaban J connectivity index is 1.34. The van der Waals surface area contributed by atoms with Gasteiger partial charge < -0.3 is 14.5 Å². The summed E-state index contributed by atoms with van der Waals surface area (Å²) < 4.78 is 14.2. The van der Waals surface area contributed by atoms with E-state index in [0.717, 1.165) is 16.5 Å². The van der Waals surface area contributed by atoms with Gasteiger partial charge in [0.05, 0.1) is 34.4 Å². The van der Waals surface area contributed by atoms with Gasteiger partial charge in [0.2, 0.25) is 5.82 Å². The van der Waals surface area contributed by atoms with Gasteiger partial charge in [-0.05, 0) is 67.1 Å². The number of carbonyl (C=O) groups is 1. The van der Waals surface area contributed by atoms with Gasteiger partial charge in [-0.3, -0.25) is 9.69 Å². The van der Waals surface area contributed by atoms with Crippen molar-refractivity contribution in [3.05, 3.63) is 126 Å². The van der Waals surface area contributed by atoms with E-state index in [1.165, 1.54) is 16.0 Å². The van der Waals surface area contributed by atoms with E-state index in [4.69, 9.17) is 34.4 Å². The van der Waals surface area contributed by atoms with Crippen LogP contribution in [-0.4, -0.2) is 38.1 Å². The standard InChI is InChI=1S/C42H34N10O3S/c1-25-22-35(51(31-18-10-6-14-26(31)24-53)41-46-30-17-9-13-21-34(30)56-41)47-38(44-28-15-7-11-19-32(28)54-5)36(25)48-49-39-27(23-43)37(42(2,3)4)50-52(39)40-45-29-16-8-12-20-33(29)55-40/h6-22,24H,1-5H3,(H,44,47). The Labute approximate surface area is 325 Å². The molecule has 0 fully saturated rings. The number of aromatic nitrogens is 5. The third kappa shape index (κ3) is 6.60. The predicted octanol–water partition coefficient (Wildman–Crippen LogP) is 10.9. The summed E-state index contributed by atoms with van der Waals surface area (Å²) in [4.78, 5) is 29.0. The summed E-state index contributed by atoms with van der Waals surface area (Å²) >= 11 is 1.48. The molecule has 0 spiro atoms. The highest BCUT2D eigenvalue weighted by atomic mass is 32.1. The number of fused-ring (bicyclic) bond motifs is 2. The predicted molar refractivity (Wildman–Crippen MR) is 217 cm³/mol. The van der Waals surface area contributed by atoms with Crippen molar-refractivity contribution in [2.45, 2.75) is 33.1 Å². The number of thiazole rings is 1. The van der Waals surface area contributed by atoms with E-state index in [0.29, 0.717) is 67.5 Å². The first-order valence-corrected chi connectivity index (χ1v) is 18.4. The molecule has 4 aromatic carbocycles. The fraction of sp³-hybridized carbons (Fsp3) is 0.143. The molecule has 0 saturated heterocycles. The van der Waals surface area contributed by atoms with Crippen molar-refractivity contribution in [1.82, 2.24) is 24.7 Å². The van der Waals surface area contributed by atoms with Gasteiger partial charge in [-0.1, -0.05) is 80.6 Å². The van der Waals surface area contributed by atoms with Gasteiger partial charge in [-0.25, -0.2) is 9.97 Å². The molecule has 0 saturated carbocycles. The number of aldehydes is 1.